The summed E-state index contributed by atoms with van der Waals surface area (Å²) in [5, 5.41) is 1.98. The number of halogens is 3. The molecular formula is C8H3Br2ClS. The van der Waals surface area contributed by atoms with Crippen LogP contribution in [-0.4, -0.2) is 0 Å². The molecule has 1 heterocycles. The lowest BCUT2D eigenvalue weighted by molar-refractivity contribution is 1.78. The van der Waals surface area contributed by atoms with Crippen LogP contribution in [0.15, 0.2) is 26.5 Å². The van der Waals surface area contributed by atoms with Crippen molar-refractivity contribution in [3.8, 4) is 0 Å². The summed E-state index contributed by atoms with van der Waals surface area (Å²) in [4.78, 5) is 0. The number of hydrogen-bond acceptors (Lipinski definition) is 1. The SMILES string of the molecule is Clc1ccc(Br)c2cc(Br)sc12. The van der Waals surface area contributed by atoms with Crippen molar-refractivity contribution in [2.75, 3.05) is 0 Å². The number of rotatable bonds is 0. The molecule has 1 aromatic carbocycles. The first-order chi connectivity index (χ1) is 5.68. The van der Waals surface area contributed by atoms with Gasteiger partial charge in [-0.25, -0.2) is 0 Å². The van der Waals surface area contributed by atoms with Crippen LogP contribution in [0.4, 0.5) is 0 Å². The van der Waals surface area contributed by atoms with Crippen LogP contribution in [0.3, 0.4) is 0 Å². The summed E-state index contributed by atoms with van der Waals surface area (Å²) in [5.74, 6) is 0. The van der Waals surface area contributed by atoms with Gasteiger partial charge in [0.25, 0.3) is 0 Å². The molecule has 0 unspecified atom stereocenters. The Balaban J connectivity index is 2.93. The van der Waals surface area contributed by atoms with Gasteiger partial charge in [0, 0.05) is 9.86 Å². The largest absolute Gasteiger partial charge is 0.127 e. The van der Waals surface area contributed by atoms with Crippen molar-refractivity contribution >= 4 is 64.9 Å². The molecule has 0 nitrogen and oxygen atoms in total. The Bertz CT molecular complexity index is 397. The molecule has 0 aliphatic rings. The van der Waals surface area contributed by atoms with E-state index in [1.54, 1.807) is 11.3 Å². The Labute approximate surface area is 95.8 Å². The summed E-state index contributed by atoms with van der Waals surface area (Å²) >= 11 is 14.6. The van der Waals surface area contributed by atoms with Crippen molar-refractivity contribution in [1.82, 2.24) is 0 Å². The second-order valence-electron chi connectivity index (χ2n) is 2.32. The number of fused-ring (bicyclic) bond motifs is 1. The Hall–Kier alpha value is 0.430. The van der Waals surface area contributed by atoms with E-state index in [4.69, 9.17) is 11.6 Å². The highest BCUT2D eigenvalue weighted by Crippen LogP contribution is 2.38. The van der Waals surface area contributed by atoms with Crippen LogP contribution in [0.5, 0.6) is 0 Å². The highest BCUT2D eigenvalue weighted by atomic mass is 79.9. The predicted molar refractivity (Wildman–Crippen MR) is 62.2 cm³/mol. The van der Waals surface area contributed by atoms with Crippen LogP contribution in [-0.2, 0) is 0 Å². The lowest BCUT2D eigenvalue weighted by Gasteiger charge is -1.94. The molecule has 0 aliphatic carbocycles. The van der Waals surface area contributed by atoms with Gasteiger partial charge >= 0.3 is 0 Å². The molecule has 62 valence electrons. The fourth-order valence-corrected chi connectivity index (χ4v) is 3.41. The van der Waals surface area contributed by atoms with Gasteiger partial charge in [-0.05, 0) is 34.1 Å². The minimum atomic E-state index is 0.809. The summed E-state index contributed by atoms with van der Waals surface area (Å²) in [7, 11) is 0. The van der Waals surface area contributed by atoms with Crippen molar-refractivity contribution in [2.24, 2.45) is 0 Å². The zero-order chi connectivity index (χ0) is 8.72. The number of hydrogen-bond donors (Lipinski definition) is 0. The van der Waals surface area contributed by atoms with E-state index in [1.807, 2.05) is 12.1 Å². The molecule has 0 spiro atoms. The Kier molecular flexibility index (Phi) is 2.47. The van der Waals surface area contributed by atoms with Crippen LogP contribution < -0.4 is 0 Å². The fraction of sp³-hybridized carbons (Fsp3) is 0. The first-order valence-electron chi connectivity index (χ1n) is 3.21. The van der Waals surface area contributed by atoms with Crippen molar-refractivity contribution in [3.63, 3.8) is 0 Å². The molecule has 0 bridgehead atoms. The average Bonchev–Trinajstić information content (AvgIpc) is 2.41. The highest BCUT2D eigenvalue weighted by Gasteiger charge is 2.06. The summed E-state index contributed by atoms with van der Waals surface area (Å²) in [6.07, 6.45) is 0. The molecule has 0 N–H and O–H groups in total. The average molecular weight is 326 g/mol. The molecule has 12 heavy (non-hydrogen) atoms. The molecule has 0 saturated carbocycles. The van der Waals surface area contributed by atoms with Gasteiger partial charge in [0.05, 0.1) is 13.5 Å². The van der Waals surface area contributed by atoms with Crippen LogP contribution in [0, 0.1) is 0 Å². The third-order valence-electron chi connectivity index (χ3n) is 1.55. The van der Waals surface area contributed by atoms with Crippen molar-refractivity contribution in [3.05, 3.63) is 31.5 Å². The lowest BCUT2D eigenvalue weighted by atomic mass is 10.3. The van der Waals surface area contributed by atoms with Crippen LogP contribution in [0.1, 0.15) is 0 Å². The van der Waals surface area contributed by atoms with Crippen molar-refractivity contribution in [2.45, 2.75) is 0 Å². The van der Waals surface area contributed by atoms with Gasteiger partial charge in [0.2, 0.25) is 0 Å². The first kappa shape index (κ1) is 9.00. The van der Waals surface area contributed by atoms with E-state index in [0.717, 1.165) is 18.0 Å². The Morgan fingerprint density at radius 3 is 2.67 bits per heavy atom. The zero-order valence-corrected chi connectivity index (χ0v) is 10.5. The Morgan fingerprint density at radius 1 is 1.25 bits per heavy atom. The third kappa shape index (κ3) is 1.43. The van der Waals surface area contributed by atoms with Crippen molar-refractivity contribution in [1.29, 1.82) is 0 Å². The van der Waals surface area contributed by atoms with E-state index >= 15 is 0 Å². The smallest absolute Gasteiger partial charge is 0.0712 e. The van der Waals surface area contributed by atoms with E-state index in [0.29, 0.717) is 0 Å². The molecular weight excluding hydrogens is 323 g/mol. The molecule has 2 rings (SSSR count). The molecule has 4 heteroatoms. The third-order valence-corrected chi connectivity index (χ3v) is 4.34. The minimum Gasteiger partial charge on any atom is -0.127 e. The molecule has 0 atom stereocenters. The van der Waals surface area contributed by atoms with E-state index in [2.05, 4.69) is 37.9 Å². The quantitative estimate of drug-likeness (QED) is 0.633. The summed E-state index contributed by atoms with van der Waals surface area (Å²) < 4.78 is 3.31. The second-order valence-corrected chi connectivity index (χ2v) is 6.02. The van der Waals surface area contributed by atoms with Crippen LogP contribution in [0.2, 0.25) is 5.02 Å². The van der Waals surface area contributed by atoms with E-state index in [1.165, 1.54) is 5.39 Å². The Morgan fingerprint density at radius 2 is 2.00 bits per heavy atom. The van der Waals surface area contributed by atoms with Gasteiger partial charge in [-0.2, -0.15) is 0 Å². The van der Waals surface area contributed by atoms with Crippen molar-refractivity contribution < 1.29 is 0 Å². The highest BCUT2D eigenvalue weighted by molar-refractivity contribution is 9.11. The van der Waals surface area contributed by atoms with Gasteiger partial charge in [0.1, 0.15) is 0 Å². The van der Waals surface area contributed by atoms with Gasteiger partial charge in [-0.1, -0.05) is 27.5 Å². The fourth-order valence-electron chi connectivity index (χ4n) is 1.03. The monoisotopic (exact) mass is 324 g/mol. The maximum absolute atomic E-state index is 6.01. The molecule has 0 aliphatic heterocycles. The van der Waals surface area contributed by atoms with Gasteiger partial charge in [-0.3, -0.25) is 0 Å². The maximum Gasteiger partial charge on any atom is 0.0712 e. The standard InChI is InChI=1S/C8H3Br2ClS/c9-5-1-2-6(11)8-4(5)3-7(10)12-8/h1-3H. The number of thiophene rings is 1. The predicted octanol–water partition coefficient (Wildman–Crippen LogP) is 5.08. The second kappa shape index (κ2) is 3.29. The van der Waals surface area contributed by atoms with E-state index in [9.17, 15) is 0 Å². The lowest BCUT2D eigenvalue weighted by Crippen LogP contribution is -1.67. The van der Waals surface area contributed by atoms with Crippen LogP contribution in [0.25, 0.3) is 10.1 Å². The molecule has 2 aromatic rings. The molecule has 0 fully saturated rings. The molecule has 0 radical (unpaired) electrons. The maximum atomic E-state index is 6.01. The van der Waals surface area contributed by atoms with E-state index in [-0.39, 0.29) is 0 Å². The van der Waals surface area contributed by atoms with Gasteiger partial charge < -0.3 is 0 Å². The molecule has 0 amide bonds. The normalized spacial score (nSPS) is 10.9. The summed E-state index contributed by atoms with van der Waals surface area (Å²) in [5.41, 5.74) is 0. The minimum absolute atomic E-state index is 0.809. The summed E-state index contributed by atoms with van der Waals surface area (Å²) in [6.45, 7) is 0. The zero-order valence-electron chi connectivity index (χ0n) is 5.77. The van der Waals surface area contributed by atoms with Gasteiger partial charge in [-0.15, -0.1) is 11.3 Å². The van der Waals surface area contributed by atoms with Gasteiger partial charge in [0.15, 0.2) is 0 Å². The number of benzene rings is 1. The first-order valence-corrected chi connectivity index (χ1v) is 5.99. The topological polar surface area (TPSA) is 0 Å². The van der Waals surface area contributed by atoms with Crippen LogP contribution >= 0.6 is 54.8 Å². The van der Waals surface area contributed by atoms with E-state index < -0.39 is 0 Å². The molecule has 0 saturated heterocycles. The molecule has 1 aromatic heterocycles. The summed E-state index contributed by atoms with van der Waals surface area (Å²) in [6, 6.07) is 5.93.